The van der Waals surface area contributed by atoms with Crippen LogP contribution in [-0.2, 0) is 4.79 Å². The molecule has 0 aromatic carbocycles. The van der Waals surface area contributed by atoms with E-state index in [1.165, 1.54) is 12.5 Å². The molecule has 0 aliphatic heterocycles. The SMILES string of the molecule is O=C(O)/C=C\[C@H]1C[C@@H]2C=C[C@@H]1C2. The van der Waals surface area contributed by atoms with Gasteiger partial charge in [-0.3, -0.25) is 0 Å². The van der Waals surface area contributed by atoms with Crippen molar-refractivity contribution in [3.8, 4) is 0 Å². The number of hydrogen-bond donors (Lipinski definition) is 1. The molecule has 2 nitrogen and oxygen atoms in total. The third-order valence-corrected chi connectivity index (χ3v) is 2.82. The van der Waals surface area contributed by atoms with E-state index in [-0.39, 0.29) is 0 Å². The molecule has 0 aromatic heterocycles. The van der Waals surface area contributed by atoms with Crippen LogP contribution >= 0.6 is 0 Å². The second kappa shape index (κ2) is 2.77. The molecule has 0 saturated heterocycles. The minimum absolute atomic E-state index is 0.482. The number of allylic oxidation sites excluding steroid dienone is 3. The highest BCUT2D eigenvalue weighted by Crippen LogP contribution is 2.43. The van der Waals surface area contributed by atoms with E-state index < -0.39 is 5.97 Å². The van der Waals surface area contributed by atoms with Crippen molar-refractivity contribution in [3.63, 3.8) is 0 Å². The predicted molar refractivity (Wildman–Crippen MR) is 45.6 cm³/mol. The average Bonchev–Trinajstić information content (AvgIpc) is 2.60. The summed E-state index contributed by atoms with van der Waals surface area (Å²) in [5.74, 6) is 0.988. The van der Waals surface area contributed by atoms with Crippen LogP contribution in [0.25, 0.3) is 0 Å². The van der Waals surface area contributed by atoms with E-state index in [0.717, 1.165) is 12.3 Å². The molecule has 64 valence electrons. The van der Waals surface area contributed by atoms with Crippen molar-refractivity contribution in [3.05, 3.63) is 24.3 Å². The van der Waals surface area contributed by atoms with Crippen LogP contribution in [0.15, 0.2) is 24.3 Å². The highest BCUT2D eigenvalue weighted by Gasteiger charge is 2.33. The molecular weight excluding hydrogens is 152 g/mol. The molecule has 1 saturated carbocycles. The third-order valence-electron chi connectivity index (χ3n) is 2.82. The zero-order valence-corrected chi connectivity index (χ0v) is 6.81. The number of rotatable bonds is 2. The van der Waals surface area contributed by atoms with Gasteiger partial charge >= 0.3 is 5.97 Å². The van der Waals surface area contributed by atoms with Crippen molar-refractivity contribution in [1.29, 1.82) is 0 Å². The van der Waals surface area contributed by atoms with Gasteiger partial charge in [-0.2, -0.15) is 0 Å². The molecule has 0 aromatic rings. The molecule has 2 aliphatic rings. The summed E-state index contributed by atoms with van der Waals surface area (Å²) in [6.45, 7) is 0. The molecule has 0 spiro atoms. The number of aliphatic carboxylic acids is 1. The fourth-order valence-electron chi connectivity index (χ4n) is 2.25. The van der Waals surface area contributed by atoms with E-state index in [1.54, 1.807) is 0 Å². The fraction of sp³-hybridized carbons (Fsp3) is 0.500. The zero-order chi connectivity index (χ0) is 8.55. The van der Waals surface area contributed by atoms with Gasteiger partial charge in [0.2, 0.25) is 0 Å². The van der Waals surface area contributed by atoms with E-state index in [9.17, 15) is 4.79 Å². The first kappa shape index (κ1) is 7.59. The highest BCUT2D eigenvalue weighted by atomic mass is 16.4. The van der Waals surface area contributed by atoms with Crippen molar-refractivity contribution in [2.45, 2.75) is 12.8 Å². The Hall–Kier alpha value is -1.05. The zero-order valence-electron chi connectivity index (χ0n) is 6.81. The number of carboxylic acids is 1. The van der Waals surface area contributed by atoms with Crippen molar-refractivity contribution >= 4 is 5.97 Å². The summed E-state index contributed by atoms with van der Waals surface area (Å²) in [5.41, 5.74) is 0. The van der Waals surface area contributed by atoms with Gasteiger partial charge in [0.05, 0.1) is 0 Å². The highest BCUT2D eigenvalue weighted by molar-refractivity contribution is 5.79. The van der Waals surface area contributed by atoms with Gasteiger partial charge in [0.25, 0.3) is 0 Å². The molecule has 12 heavy (non-hydrogen) atoms. The second-order valence-corrected chi connectivity index (χ2v) is 3.64. The Bertz CT molecular complexity index is 253. The standard InChI is InChI=1S/C10H12O2/c11-10(12)4-3-9-6-7-1-2-8(9)5-7/h1-4,7-9H,5-6H2,(H,11,12)/b4-3-/t7-,8-,9+/m1/s1. The number of fused-ring (bicyclic) bond motifs is 2. The molecule has 1 N–H and O–H groups in total. The molecule has 2 bridgehead atoms. The van der Waals surface area contributed by atoms with E-state index in [1.807, 2.05) is 6.08 Å². The van der Waals surface area contributed by atoms with Gasteiger partial charge < -0.3 is 5.11 Å². The number of carbonyl (C=O) groups is 1. The van der Waals surface area contributed by atoms with Crippen molar-refractivity contribution in [1.82, 2.24) is 0 Å². The molecule has 1 fully saturated rings. The Labute approximate surface area is 71.6 Å². The summed E-state index contributed by atoms with van der Waals surface area (Å²) >= 11 is 0. The molecule has 0 unspecified atom stereocenters. The smallest absolute Gasteiger partial charge is 0.327 e. The molecule has 3 atom stereocenters. The van der Waals surface area contributed by atoms with Crippen molar-refractivity contribution in [2.24, 2.45) is 17.8 Å². The number of carboxylic acid groups (broad SMARTS) is 1. The summed E-state index contributed by atoms with van der Waals surface area (Å²) in [6.07, 6.45) is 9.98. The Balaban J connectivity index is 1.99. The summed E-state index contributed by atoms with van der Waals surface area (Å²) in [7, 11) is 0. The molecule has 2 rings (SSSR count). The largest absolute Gasteiger partial charge is 0.478 e. The van der Waals surface area contributed by atoms with Gasteiger partial charge in [0.15, 0.2) is 0 Å². The average molecular weight is 164 g/mol. The van der Waals surface area contributed by atoms with Gasteiger partial charge in [-0.05, 0) is 30.6 Å². The molecule has 2 heteroatoms. The maximum absolute atomic E-state index is 10.3. The topological polar surface area (TPSA) is 37.3 Å². The van der Waals surface area contributed by atoms with Crippen LogP contribution in [0.2, 0.25) is 0 Å². The lowest BCUT2D eigenvalue weighted by Crippen LogP contribution is -2.03. The van der Waals surface area contributed by atoms with Crippen molar-refractivity contribution < 1.29 is 9.90 Å². The molecule has 0 radical (unpaired) electrons. The number of hydrogen-bond acceptors (Lipinski definition) is 1. The first-order valence-corrected chi connectivity index (χ1v) is 4.35. The maximum Gasteiger partial charge on any atom is 0.327 e. The Morgan fingerprint density at radius 2 is 2.25 bits per heavy atom. The summed E-state index contributed by atoms with van der Waals surface area (Å²) < 4.78 is 0. The minimum atomic E-state index is -0.832. The van der Waals surface area contributed by atoms with Gasteiger partial charge in [-0.1, -0.05) is 18.2 Å². The van der Waals surface area contributed by atoms with Crippen LogP contribution in [0.4, 0.5) is 0 Å². The predicted octanol–water partition coefficient (Wildman–Crippen LogP) is 1.84. The van der Waals surface area contributed by atoms with Gasteiger partial charge in [-0.25, -0.2) is 4.79 Å². The van der Waals surface area contributed by atoms with Gasteiger partial charge in [0, 0.05) is 6.08 Å². The Morgan fingerprint density at radius 1 is 1.42 bits per heavy atom. The maximum atomic E-state index is 10.3. The molecular formula is C10H12O2. The lowest BCUT2D eigenvalue weighted by Gasteiger charge is -2.12. The van der Waals surface area contributed by atoms with Crippen LogP contribution in [0.5, 0.6) is 0 Å². The van der Waals surface area contributed by atoms with Crippen LogP contribution in [-0.4, -0.2) is 11.1 Å². The summed E-state index contributed by atoms with van der Waals surface area (Å²) in [4.78, 5) is 10.3. The van der Waals surface area contributed by atoms with Crippen LogP contribution in [0.3, 0.4) is 0 Å². The van der Waals surface area contributed by atoms with E-state index in [2.05, 4.69) is 12.2 Å². The first-order valence-electron chi connectivity index (χ1n) is 4.35. The second-order valence-electron chi connectivity index (χ2n) is 3.64. The van der Waals surface area contributed by atoms with Crippen LogP contribution in [0.1, 0.15) is 12.8 Å². The molecule has 0 amide bonds. The van der Waals surface area contributed by atoms with E-state index in [0.29, 0.717) is 11.8 Å². The van der Waals surface area contributed by atoms with Gasteiger partial charge in [0.1, 0.15) is 0 Å². The minimum Gasteiger partial charge on any atom is -0.478 e. The lowest BCUT2D eigenvalue weighted by molar-refractivity contribution is -0.131. The Morgan fingerprint density at radius 3 is 2.75 bits per heavy atom. The fourth-order valence-corrected chi connectivity index (χ4v) is 2.25. The van der Waals surface area contributed by atoms with E-state index >= 15 is 0 Å². The summed E-state index contributed by atoms with van der Waals surface area (Å²) in [6, 6.07) is 0. The molecule has 2 aliphatic carbocycles. The summed E-state index contributed by atoms with van der Waals surface area (Å²) in [5, 5.41) is 8.44. The van der Waals surface area contributed by atoms with Gasteiger partial charge in [-0.15, -0.1) is 0 Å². The first-order chi connectivity index (χ1) is 5.75. The monoisotopic (exact) mass is 164 g/mol. The lowest BCUT2D eigenvalue weighted by atomic mass is 9.93. The third kappa shape index (κ3) is 1.29. The quantitative estimate of drug-likeness (QED) is 0.499. The molecule has 0 heterocycles. The van der Waals surface area contributed by atoms with E-state index in [4.69, 9.17) is 5.11 Å². The van der Waals surface area contributed by atoms with Crippen molar-refractivity contribution in [2.75, 3.05) is 0 Å². The van der Waals surface area contributed by atoms with Crippen LogP contribution < -0.4 is 0 Å². The Kier molecular flexibility index (Phi) is 1.75. The van der Waals surface area contributed by atoms with Crippen LogP contribution in [0, 0.1) is 17.8 Å². The normalized spacial score (nSPS) is 38.2.